The number of unbranched alkanes of at least 4 members (excludes halogenated alkanes) is 1. The first-order valence-corrected chi connectivity index (χ1v) is 7.95. The van der Waals surface area contributed by atoms with Gasteiger partial charge in [0.2, 0.25) is 0 Å². The van der Waals surface area contributed by atoms with Crippen molar-refractivity contribution in [3.05, 3.63) is 0 Å². The molecule has 18 heavy (non-hydrogen) atoms. The van der Waals surface area contributed by atoms with Crippen LogP contribution in [0.1, 0.15) is 26.7 Å². The molecule has 2 unspecified atom stereocenters. The Morgan fingerprint density at radius 3 is 2.61 bits per heavy atom. The van der Waals surface area contributed by atoms with E-state index in [4.69, 9.17) is 8.92 Å². The largest absolute Gasteiger partial charge is 0.449 e. The summed E-state index contributed by atoms with van der Waals surface area (Å²) in [4.78, 5) is 13.2. The molecule has 1 fully saturated rings. The molecule has 0 bridgehead atoms. The molecule has 1 saturated heterocycles. The molecule has 0 N–H and O–H groups in total. The normalized spacial score (nSPS) is 24.3. The Bertz CT molecular complexity index is 381. The van der Waals surface area contributed by atoms with Crippen molar-refractivity contribution in [1.82, 2.24) is 4.90 Å². The van der Waals surface area contributed by atoms with E-state index in [0.29, 0.717) is 13.2 Å². The van der Waals surface area contributed by atoms with Crippen molar-refractivity contribution in [3.8, 4) is 0 Å². The summed E-state index contributed by atoms with van der Waals surface area (Å²) < 4.78 is 32.1. The van der Waals surface area contributed by atoms with Crippen LogP contribution >= 0.6 is 0 Å². The van der Waals surface area contributed by atoms with E-state index < -0.39 is 22.3 Å². The van der Waals surface area contributed by atoms with E-state index in [0.717, 1.165) is 19.1 Å². The smallest absolute Gasteiger partial charge is 0.409 e. The zero-order chi connectivity index (χ0) is 13.8. The molecule has 6 nitrogen and oxygen atoms in total. The number of likely N-dealkylation sites (tertiary alicyclic amines) is 1. The fraction of sp³-hybridized carbons (Fsp3) is 0.909. The predicted octanol–water partition coefficient (Wildman–Crippen LogP) is 1.22. The van der Waals surface area contributed by atoms with Crippen LogP contribution in [0, 0.1) is 5.92 Å². The van der Waals surface area contributed by atoms with Crippen LogP contribution in [0.2, 0.25) is 0 Å². The Labute approximate surface area is 108 Å². The van der Waals surface area contributed by atoms with E-state index in [-0.39, 0.29) is 12.5 Å². The summed E-state index contributed by atoms with van der Waals surface area (Å²) >= 11 is 0. The number of ether oxygens (including phenoxy) is 1. The van der Waals surface area contributed by atoms with Crippen LogP contribution in [-0.2, 0) is 19.0 Å². The van der Waals surface area contributed by atoms with Gasteiger partial charge < -0.3 is 9.64 Å². The number of hydrogen-bond acceptors (Lipinski definition) is 5. The average molecular weight is 279 g/mol. The zero-order valence-corrected chi connectivity index (χ0v) is 11.9. The van der Waals surface area contributed by atoms with Gasteiger partial charge >= 0.3 is 6.09 Å². The third kappa shape index (κ3) is 4.81. The van der Waals surface area contributed by atoms with Gasteiger partial charge in [-0.3, -0.25) is 4.18 Å². The summed E-state index contributed by atoms with van der Waals surface area (Å²) in [5, 5.41) is 0. The van der Waals surface area contributed by atoms with Gasteiger partial charge in [0.25, 0.3) is 10.1 Å². The lowest BCUT2D eigenvalue weighted by atomic mass is 10.1. The summed E-state index contributed by atoms with van der Waals surface area (Å²) in [5.74, 6) is -0.0153. The summed E-state index contributed by atoms with van der Waals surface area (Å²) in [6.07, 6.45) is 1.94. The van der Waals surface area contributed by atoms with E-state index in [1.807, 2.05) is 13.8 Å². The number of hydrogen-bond donors (Lipinski definition) is 0. The van der Waals surface area contributed by atoms with Gasteiger partial charge in [0.15, 0.2) is 0 Å². The van der Waals surface area contributed by atoms with Crippen LogP contribution in [0.25, 0.3) is 0 Å². The summed E-state index contributed by atoms with van der Waals surface area (Å²) in [6.45, 7) is 5.00. The Kier molecular flexibility index (Phi) is 5.40. The molecule has 1 rings (SSSR count). The summed E-state index contributed by atoms with van der Waals surface area (Å²) in [6, 6.07) is 0. The molecule has 0 aromatic heterocycles. The van der Waals surface area contributed by atoms with Gasteiger partial charge in [-0.2, -0.15) is 8.42 Å². The molecule has 0 aromatic rings. The lowest BCUT2D eigenvalue weighted by Crippen LogP contribution is -2.31. The van der Waals surface area contributed by atoms with Gasteiger partial charge in [0, 0.05) is 12.5 Å². The molecule has 106 valence electrons. The van der Waals surface area contributed by atoms with Crippen LogP contribution in [0.3, 0.4) is 0 Å². The highest BCUT2D eigenvalue weighted by Gasteiger charge is 2.35. The minimum absolute atomic E-state index is 0.0153. The maximum atomic E-state index is 11.7. The number of carbonyl (C=O) groups excluding carboxylic acids is 1. The van der Waals surface area contributed by atoms with E-state index in [2.05, 4.69) is 0 Å². The minimum Gasteiger partial charge on any atom is -0.449 e. The summed E-state index contributed by atoms with van der Waals surface area (Å²) in [5.41, 5.74) is 0. The molecule has 0 saturated carbocycles. The molecular weight excluding hydrogens is 258 g/mol. The second kappa shape index (κ2) is 6.38. The highest BCUT2D eigenvalue weighted by atomic mass is 32.2. The van der Waals surface area contributed by atoms with Crippen LogP contribution in [-0.4, -0.2) is 51.5 Å². The predicted molar refractivity (Wildman–Crippen MR) is 66.7 cm³/mol. The molecule has 2 atom stereocenters. The summed E-state index contributed by atoms with van der Waals surface area (Å²) in [7, 11) is -3.49. The maximum Gasteiger partial charge on any atom is 0.409 e. The van der Waals surface area contributed by atoms with Crippen molar-refractivity contribution in [2.75, 3.05) is 26.0 Å². The first-order valence-electron chi connectivity index (χ1n) is 6.13. The fourth-order valence-electron chi connectivity index (χ4n) is 1.83. The average Bonchev–Trinajstić information content (AvgIpc) is 2.58. The second-order valence-electron chi connectivity index (χ2n) is 4.69. The molecule has 1 aliphatic heterocycles. The third-order valence-electron chi connectivity index (χ3n) is 2.82. The lowest BCUT2D eigenvalue weighted by molar-refractivity contribution is 0.104. The van der Waals surface area contributed by atoms with Gasteiger partial charge in [-0.1, -0.05) is 20.3 Å². The molecule has 1 amide bonds. The van der Waals surface area contributed by atoms with Crippen molar-refractivity contribution in [3.63, 3.8) is 0 Å². The van der Waals surface area contributed by atoms with E-state index in [1.165, 1.54) is 4.90 Å². The van der Waals surface area contributed by atoms with Crippen molar-refractivity contribution in [2.24, 2.45) is 5.92 Å². The van der Waals surface area contributed by atoms with Crippen molar-refractivity contribution < 1.29 is 22.1 Å². The minimum atomic E-state index is -3.49. The van der Waals surface area contributed by atoms with Gasteiger partial charge in [0.1, 0.15) is 0 Å². The molecule has 0 spiro atoms. The lowest BCUT2D eigenvalue weighted by Gasteiger charge is -2.15. The van der Waals surface area contributed by atoms with Crippen molar-refractivity contribution in [2.45, 2.75) is 32.8 Å². The van der Waals surface area contributed by atoms with Gasteiger partial charge in [0.05, 0.1) is 25.5 Å². The van der Waals surface area contributed by atoms with Crippen LogP contribution in [0.4, 0.5) is 4.79 Å². The Morgan fingerprint density at radius 1 is 1.39 bits per heavy atom. The van der Waals surface area contributed by atoms with Gasteiger partial charge in [-0.15, -0.1) is 0 Å². The van der Waals surface area contributed by atoms with Crippen molar-refractivity contribution >= 4 is 16.2 Å². The van der Waals surface area contributed by atoms with Gasteiger partial charge in [-0.25, -0.2) is 4.79 Å². The Hall–Kier alpha value is -0.820. The second-order valence-corrected chi connectivity index (χ2v) is 6.29. The van der Waals surface area contributed by atoms with Gasteiger partial charge in [-0.05, 0) is 6.42 Å². The molecular formula is C11H21NO5S. The van der Waals surface area contributed by atoms with Crippen molar-refractivity contribution in [1.29, 1.82) is 0 Å². The van der Waals surface area contributed by atoms with E-state index in [9.17, 15) is 13.2 Å². The Balaban J connectivity index is 2.45. The highest BCUT2D eigenvalue weighted by molar-refractivity contribution is 7.86. The number of amides is 1. The molecule has 1 aliphatic rings. The number of rotatable bonds is 5. The Morgan fingerprint density at radius 2 is 2.06 bits per heavy atom. The topological polar surface area (TPSA) is 72.9 Å². The molecule has 1 heterocycles. The van der Waals surface area contributed by atoms with Crippen LogP contribution < -0.4 is 0 Å². The molecule has 0 aliphatic carbocycles. The first-order chi connectivity index (χ1) is 8.33. The van der Waals surface area contributed by atoms with Crippen LogP contribution in [0.15, 0.2) is 0 Å². The number of nitrogens with zero attached hydrogens (tertiary/aromatic N) is 1. The number of carbonyl (C=O) groups is 1. The third-order valence-corrected chi connectivity index (χ3v) is 3.42. The van der Waals surface area contributed by atoms with E-state index in [1.54, 1.807) is 0 Å². The van der Waals surface area contributed by atoms with E-state index >= 15 is 0 Å². The quantitative estimate of drug-likeness (QED) is 0.559. The molecule has 7 heteroatoms. The SMILES string of the molecule is CCCCOC(=O)N1CC(C)C(OS(C)(=O)=O)C1. The van der Waals surface area contributed by atoms with Crippen LogP contribution in [0.5, 0.6) is 0 Å². The molecule has 0 aromatic carbocycles. The molecule has 0 radical (unpaired) electrons. The fourth-order valence-corrected chi connectivity index (χ4v) is 2.53. The highest BCUT2D eigenvalue weighted by Crippen LogP contribution is 2.21. The standard InChI is InChI=1S/C11H21NO5S/c1-4-5-6-16-11(13)12-7-9(2)10(8-12)17-18(3,14)15/h9-10H,4-8H2,1-3H3. The monoisotopic (exact) mass is 279 g/mol. The first kappa shape index (κ1) is 15.2. The zero-order valence-electron chi connectivity index (χ0n) is 11.1. The maximum absolute atomic E-state index is 11.7.